The van der Waals surface area contributed by atoms with Crippen LogP contribution in [-0.2, 0) is 38.4 Å². The third-order valence-electron chi connectivity index (χ3n) is 1.15. The molecule has 228 valence electrons. The summed E-state index contributed by atoms with van der Waals surface area (Å²) in [7, 11) is 0. The van der Waals surface area contributed by atoms with Gasteiger partial charge in [-0.2, -0.15) is 0 Å². The van der Waals surface area contributed by atoms with Crippen molar-refractivity contribution in [3.8, 4) is 0 Å². The summed E-state index contributed by atoms with van der Waals surface area (Å²) in [4.78, 5) is 73.9. The molecule has 38 heavy (non-hydrogen) atoms. The van der Waals surface area contributed by atoms with E-state index in [9.17, 15) is 9.59 Å². The van der Waals surface area contributed by atoms with Gasteiger partial charge in [-0.05, 0) is 6.42 Å². The molecule has 0 aromatic rings. The Hall–Kier alpha value is -4.36. The van der Waals surface area contributed by atoms with Crippen molar-refractivity contribution in [2.75, 3.05) is 13.1 Å². The minimum Gasteiger partial charge on any atom is -0.481 e. The zero-order chi connectivity index (χ0) is 33.0. The van der Waals surface area contributed by atoms with E-state index in [4.69, 9.17) is 86.8 Å². The van der Waals surface area contributed by atoms with Gasteiger partial charge < -0.3 is 58.1 Å². The summed E-state index contributed by atoms with van der Waals surface area (Å²) in [5.41, 5.74) is 14.8. The summed E-state index contributed by atoms with van der Waals surface area (Å²) in [6, 6.07) is -1.06. The monoisotopic (exact) mass is 567 g/mol. The average Bonchev–Trinajstić information content (AvgIpc) is 2.63. The number of carbonyl (C=O) groups is 8. The molecule has 0 unspecified atom stereocenters. The van der Waals surface area contributed by atoms with Gasteiger partial charge in [0.1, 0.15) is 6.04 Å². The molecule has 0 saturated carbocycles. The lowest BCUT2D eigenvalue weighted by molar-refractivity contribution is -0.140. The molecular weight excluding hydrogens is 526 g/mol. The maximum atomic E-state index is 9.99. The van der Waals surface area contributed by atoms with Gasteiger partial charge in [0.2, 0.25) is 0 Å². The molecule has 0 rings (SSSR count). The second-order valence-electron chi connectivity index (χ2n) is 5.57. The van der Waals surface area contributed by atoms with Gasteiger partial charge in [-0.3, -0.25) is 38.4 Å². The molecule has 0 radical (unpaired) electrons. The number of carboxylic acids is 8. The van der Waals surface area contributed by atoms with Crippen molar-refractivity contribution in [1.29, 1.82) is 0 Å². The SMILES string of the molecule is CC(=O)O.CC(=O)O.CC(=O)O.CC(=O)O.CC(=O)O.CC(=O)O.NCCN.N[C@@H](CCC(=O)O)C(=O)O. The first-order chi connectivity index (χ1) is 16.8. The summed E-state index contributed by atoms with van der Waals surface area (Å²) in [5, 5.41) is 60.8. The maximum Gasteiger partial charge on any atom is 0.320 e. The van der Waals surface area contributed by atoms with Crippen LogP contribution >= 0.6 is 0 Å². The first-order valence-electron chi connectivity index (χ1n) is 9.62. The van der Waals surface area contributed by atoms with Crippen LogP contribution in [0.1, 0.15) is 54.4 Å². The number of hydrogen-bond acceptors (Lipinski definition) is 11. The van der Waals surface area contributed by atoms with Crippen molar-refractivity contribution in [3.63, 3.8) is 0 Å². The van der Waals surface area contributed by atoms with E-state index in [1.807, 2.05) is 0 Å². The van der Waals surface area contributed by atoms with E-state index in [0.717, 1.165) is 41.5 Å². The van der Waals surface area contributed by atoms with Crippen LogP contribution in [0, 0.1) is 0 Å². The summed E-state index contributed by atoms with van der Waals surface area (Å²) >= 11 is 0. The summed E-state index contributed by atoms with van der Waals surface area (Å²) in [5.74, 6) is -7.20. The molecular formula is C19H41N3O16. The highest BCUT2D eigenvalue weighted by molar-refractivity contribution is 5.74. The van der Waals surface area contributed by atoms with Crippen LogP contribution in [0.15, 0.2) is 0 Å². The van der Waals surface area contributed by atoms with Crippen LogP contribution in [0.4, 0.5) is 0 Å². The molecule has 0 aliphatic carbocycles. The van der Waals surface area contributed by atoms with Crippen LogP contribution in [0.5, 0.6) is 0 Å². The summed E-state index contributed by atoms with van der Waals surface area (Å²) in [6.07, 6.45) is -0.224. The number of carboxylic acid groups (broad SMARTS) is 8. The standard InChI is InChI=1S/C5H9NO4.C2H8N2.6C2H4O2/c6-3(5(9)10)1-2-4(7)8;3-1-2-4;6*1-2(3)4/h3H,1-2,6H2,(H,7,8)(H,9,10);1-4H2;6*1H3,(H,3,4)/t3-;;;;;;;/m0......./s1. The molecule has 19 nitrogen and oxygen atoms in total. The summed E-state index contributed by atoms with van der Waals surface area (Å²) < 4.78 is 0. The normalized spacial score (nSPS) is 8.03. The Morgan fingerprint density at radius 2 is 0.658 bits per heavy atom. The molecule has 0 heterocycles. The zero-order valence-corrected chi connectivity index (χ0v) is 22.0. The predicted octanol–water partition coefficient (Wildman–Crippen LogP) is -1.29. The molecule has 1 atom stereocenters. The Balaban J connectivity index is -0.0000000470. The average molecular weight is 568 g/mol. The van der Waals surface area contributed by atoms with Crippen LogP contribution < -0.4 is 17.2 Å². The van der Waals surface area contributed by atoms with E-state index in [0.29, 0.717) is 13.1 Å². The molecule has 0 aliphatic heterocycles. The molecule has 14 N–H and O–H groups in total. The molecule has 0 fully saturated rings. The lowest BCUT2D eigenvalue weighted by Crippen LogP contribution is -2.30. The number of rotatable bonds is 5. The van der Waals surface area contributed by atoms with Crippen LogP contribution in [-0.4, -0.2) is 108 Å². The Morgan fingerprint density at radius 3 is 0.737 bits per heavy atom. The second kappa shape index (κ2) is 46.0. The maximum absolute atomic E-state index is 9.99. The Bertz CT molecular complexity index is 535. The van der Waals surface area contributed by atoms with Gasteiger partial charge in [-0.25, -0.2) is 0 Å². The van der Waals surface area contributed by atoms with Gasteiger partial charge in [0.25, 0.3) is 35.8 Å². The minimum atomic E-state index is -1.17. The van der Waals surface area contributed by atoms with E-state index in [1.165, 1.54) is 0 Å². The van der Waals surface area contributed by atoms with Crippen molar-refractivity contribution in [2.45, 2.75) is 60.4 Å². The lowest BCUT2D eigenvalue weighted by atomic mass is 10.2. The van der Waals surface area contributed by atoms with Crippen molar-refractivity contribution in [2.24, 2.45) is 17.2 Å². The molecule has 19 heteroatoms. The largest absolute Gasteiger partial charge is 0.481 e. The Kier molecular flexibility index (Phi) is 66.1. The fourth-order valence-electron chi connectivity index (χ4n) is 0.402. The highest BCUT2D eigenvalue weighted by Crippen LogP contribution is 1.93. The fourth-order valence-corrected chi connectivity index (χ4v) is 0.402. The van der Waals surface area contributed by atoms with Gasteiger partial charge in [-0.1, -0.05) is 0 Å². The van der Waals surface area contributed by atoms with Crippen molar-refractivity contribution < 1.29 is 79.2 Å². The Morgan fingerprint density at radius 1 is 0.500 bits per heavy atom. The smallest absolute Gasteiger partial charge is 0.320 e. The zero-order valence-electron chi connectivity index (χ0n) is 22.0. The Labute approximate surface area is 218 Å². The van der Waals surface area contributed by atoms with E-state index < -0.39 is 53.8 Å². The first kappa shape index (κ1) is 54.5. The van der Waals surface area contributed by atoms with E-state index in [2.05, 4.69) is 0 Å². The lowest BCUT2D eigenvalue weighted by Gasteiger charge is -2.01. The van der Waals surface area contributed by atoms with Crippen molar-refractivity contribution in [3.05, 3.63) is 0 Å². The molecule has 0 aromatic carbocycles. The van der Waals surface area contributed by atoms with Crippen LogP contribution in [0.25, 0.3) is 0 Å². The fraction of sp³-hybridized carbons (Fsp3) is 0.579. The van der Waals surface area contributed by atoms with E-state index >= 15 is 0 Å². The van der Waals surface area contributed by atoms with Gasteiger partial charge in [0.05, 0.1) is 0 Å². The predicted molar refractivity (Wildman–Crippen MR) is 130 cm³/mol. The molecule has 0 spiro atoms. The first-order valence-corrected chi connectivity index (χ1v) is 9.62. The molecule has 0 amide bonds. The van der Waals surface area contributed by atoms with Gasteiger partial charge in [0.15, 0.2) is 0 Å². The van der Waals surface area contributed by atoms with Crippen LogP contribution in [0.2, 0.25) is 0 Å². The highest BCUT2D eigenvalue weighted by atomic mass is 16.4. The van der Waals surface area contributed by atoms with E-state index in [1.54, 1.807) is 0 Å². The number of hydrogen-bond donors (Lipinski definition) is 11. The quantitative estimate of drug-likeness (QED) is 0.184. The van der Waals surface area contributed by atoms with Gasteiger partial charge >= 0.3 is 11.9 Å². The topological polar surface area (TPSA) is 376 Å². The molecule has 0 aliphatic rings. The minimum absolute atomic E-state index is 0.0231. The number of aliphatic carboxylic acids is 8. The second-order valence-corrected chi connectivity index (χ2v) is 5.57. The number of nitrogens with two attached hydrogens (primary N) is 3. The third-order valence-corrected chi connectivity index (χ3v) is 1.15. The van der Waals surface area contributed by atoms with Crippen LogP contribution in [0.3, 0.4) is 0 Å². The van der Waals surface area contributed by atoms with Crippen molar-refractivity contribution >= 4 is 47.8 Å². The summed E-state index contributed by atoms with van der Waals surface area (Å²) in [6.45, 7) is 7.69. The van der Waals surface area contributed by atoms with E-state index in [-0.39, 0.29) is 12.8 Å². The van der Waals surface area contributed by atoms with Gasteiger partial charge in [0, 0.05) is 61.1 Å². The van der Waals surface area contributed by atoms with Gasteiger partial charge in [-0.15, -0.1) is 0 Å². The van der Waals surface area contributed by atoms with Crippen molar-refractivity contribution in [1.82, 2.24) is 0 Å². The highest BCUT2D eigenvalue weighted by Gasteiger charge is 2.12. The molecule has 0 aromatic heterocycles. The molecule has 0 bridgehead atoms. The molecule has 0 saturated heterocycles. The third kappa shape index (κ3) is 934.